The zero-order valence-electron chi connectivity index (χ0n) is 10.6. The van der Waals surface area contributed by atoms with Gasteiger partial charge >= 0.3 is 0 Å². The van der Waals surface area contributed by atoms with Crippen molar-refractivity contribution in [3.63, 3.8) is 0 Å². The van der Waals surface area contributed by atoms with Gasteiger partial charge in [-0.05, 0) is 41.2 Å². The Morgan fingerprint density at radius 3 is 2.72 bits per heavy atom. The lowest BCUT2D eigenvalue weighted by molar-refractivity contribution is -0.111. The molecule has 0 radical (unpaired) electrons. The van der Waals surface area contributed by atoms with Crippen LogP contribution in [0.4, 0.5) is 5.69 Å². The van der Waals surface area contributed by atoms with Crippen molar-refractivity contribution < 1.29 is 10.0 Å². The van der Waals surface area contributed by atoms with Gasteiger partial charge in [0.2, 0.25) is 6.41 Å². The van der Waals surface area contributed by atoms with Crippen molar-refractivity contribution in [2.24, 2.45) is 5.92 Å². The van der Waals surface area contributed by atoms with E-state index in [1.165, 1.54) is 5.56 Å². The van der Waals surface area contributed by atoms with Crippen molar-refractivity contribution in [3.05, 3.63) is 42.0 Å². The highest BCUT2D eigenvalue weighted by Gasteiger charge is 2.11. The molecule has 2 rings (SSSR count). The molecule has 3 heteroatoms. The lowest BCUT2D eigenvalue weighted by atomic mass is 10.0. The van der Waals surface area contributed by atoms with Crippen molar-refractivity contribution >= 4 is 12.1 Å². The number of fused-ring (bicyclic) bond motifs is 1. The maximum Gasteiger partial charge on any atom is 0.237 e. The van der Waals surface area contributed by atoms with Gasteiger partial charge in [-0.1, -0.05) is 38.1 Å². The molecule has 3 nitrogen and oxygen atoms in total. The summed E-state index contributed by atoms with van der Waals surface area (Å²) in [5.74, 6) is 0.570. The quantitative estimate of drug-likeness (QED) is 0.508. The molecule has 0 aromatic rings. The average Bonchev–Trinajstić information content (AvgIpc) is 2.59. The van der Waals surface area contributed by atoms with Gasteiger partial charge in [0.15, 0.2) is 0 Å². The molecule has 0 aromatic heterocycles. The summed E-state index contributed by atoms with van der Waals surface area (Å²) >= 11 is 0. The third-order valence-electron chi connectivity index (χ3n) is 2.95. The van der Waals surface area contributed by atoms with E-state index in [1.54, 1.807) is 6.07 Å². The number of nitrogens with zero attached hydrogens (tertiary/aromatic N) is 1. The molecular formula is C15H17NO2. The SMILES string of the molecule is CC(C)Cc1ccc2cccc(N(O)C=O)cc1-2. The molecule has 0 aliphatic heterocycles. The second kappa shape index (κ2) is 5.19. The molecule has 94 valence electrons. The number of hydroxylamine groups is 1. The summed E-state index contributed by atoms with van der Waals surface area (Å²) in [5.41, 5.74) is 3.94. The Labute approximate surface area is 107 Å². The van der Waals surface area contributed by atoms with Crippen LogP contribution in [0.5, 0.6) is 0 Å². The van der Waals surface area contributed by atoms with Crippen molar-refractivity contribution in [2.75, 3.05) is 5.06 Å². The fraction of sp³-hybridized carbons (Fsp3) is 0.267. The Bertz CT molecular complexity index is 522. The summed E-state index contributed by atoms with van der Waals surface area (Å²) < 4.78 is 0. The van der Waals surface area contributed by atoms with E-state index in [2.05, 4.69) is 26.0 Å². The van der Waals surface area contributed by atoms with Crippen LogP contribution in [0, 0.1) is 5.92 Å². The molecule has 0 unspecified atom stereocenters. The van der Waals surface area contributed by atoms with E-state index in [9.17, 15) is 10.0 Å². The van der Waals surface area contributed by atoms with Crippen LogP contribution in [0.3, 0.4) is 0 Å². The maximum absolute atomic E-state index is 10.6. The Kier molecular flexibility index (Phi) is 3.63. The van der Waals surface area contributed by atoms with Gasteiger partial charge in [-0.25, -0.2) is 0 Å². The summed E-state index contributed by atoms with van der Waals surface area (Å²) in [7, 11) is 0. The minimum absolute atomic E-state index is 0.395. The molecule has 1 N–H and O–H groups in total. The lowest BCUT2D eigenvalue weighted by Crippen LogP contribution is -2.14. The predicted octanol–water partition coefficient (Wildman–Crippen LogP) is 3.34. The highest BCUT2D eigenvalue weighted by Crippen LogP contribution is 2.31. The molecule has 18 heavy (non-hydrogen) atoms. The van der Waals surface area contributed by atoms with Crippen LogP contribution in [-0.2, 0) is 11.2 Å². The number of hydrogen-bond acceptors (Lipinski definition) is 2. The van der Waals surface area contributed by atoms with Crippen molar-refractivity contribution in [1.29, 1.82) is 0 Å². The average molecular weight is 243 g/mol. The first-order valence-electron chi connectivity index (χ1n) is 6.07. The Balaban J connectivity index is 2.49. The fourth-order valence-electron chi connectivity index (χ4n) is 2.14. The van der Waals surface area contributed by atoms with Crippen LogP contribution in [-0.4, -0.2) is 11.6 Å². The van der Waals surface area contributed by atoms with E-state index in [0.29, 0.717) is 23.1 Å². The van der Waals surface area contributed by atoms with E-state index in [-0.39, 0.29) is 0 Å². The number of rotatable bonds is 4. The highest BCUT2D eigenvalue weighted by atomic mass is 16.5. The number of hydrogen-bond donors (Lipinski definition) is 1. The summed E-state index contributed by atoms with van der Waals surface area (Å²) in [6.45, 7) is 4.35. The smallest absolute Gasteiger partial charge is 0.237 e. The van der Waals surface area contributed by atoms with Gasteiger partial charge in [0.05, 0.1) is 5.69 Å². The zero-order valence-corrected chi connectivity index (χ0v) is 10.6. The van der Waals surface area contributed by atoms with E-state index < -0.39 is 0 Å². The predicted molar refractivity (Wildman–Crippen MR) is 71.9 cm³/mol. The monoisotopic (exact) mass is 243 g/mol. The Morgan fingerprint density at radius 1 is 1.28 bits per heavy atom. The van der Waals surface area contributed by atoms with Crippen LogP contribution in [0.2, 0.25) is 0 Å². The van der Waals surface area contributed by atoms with Crippen LogP contribution in [0.1, 0.15) is 19.4 Å². The Hall–Kier alpha value is -1.87. The molecule has 0 aromatic carbocycles. The molecule has 0 atom stereocenters. The summed E-state index contributed by atoms with van der Waals surface area (Å²) in [6, 6.07) is 11.6. The van der Waals surface area contributed by atoms with Crippen LogP contribution >= 0.6 is 0 Å². The largest absolute Gasteiger partial charge is 0.281 e. The van der Waals surface area contributed by atoms with E-state index in [0.717, 1.165) is 17.5 Å². The minimum Gasteiger partial charge on any atom is -0.281 e. The van der Waals surface area contributed by atoms with Gasteiger partial charge in [-0.3, -0.25) is 10.0 Å². The molecule has 0 fully saturated rings. The standard InChI is InChI=1S/C15H17NO2/c1-11(2)8-13-7-6-12-4-3-5-14(9-15(12)13)16(18)10-17/h3-7,9-11,18H,8H2,1-2H3. The van der Waals surface area contributed by atoms with Gasteiger partial charge in [0, 0.05) is 0 Å². The van der Waals surface area contributed by atoms with Gasteiger partial charge in [0.1, 0.15) is 0 Å². The second-order valence-electron chi connectivity index (χ2n) is 4.87. The summed E-state index contributed by atoms with van der Waals surface area (Å²) in [4.78, 5) is 10.6. The molecule has 0 bridgehead atoms. The first kappa shape index (κ1) is 12.6. The molecular weight excluding hydrogens is 226 g/mol. The van der Waals surface area contributed by atoms with Crippen LogP contribution < -0.4 is 5.06 Å². The third kappa shape index (κ3) is 2.51. The second-order valence-corrected chi connectivity index (χ2v) is 4.87. The first-order valence-corrected chi connectivity index (χ1v) is 6.07. The molecule has 2 aliphatic carbocycles. The molecule has 0 spiro atoms. The third-order valence-corrected chi connectivity index (χ3v) is 2.95. The molecule has 0 heterocycles. The maximum atomic E-state index is 10.6. The van der Waals surface area contributed by atoms with Gasteiger partial charge < -0.3 is 0 Å². The number of amides is 1. The zero-order chi connectivity index (χ0) is 13.1. The molecule has 2 aliphatic rings. The van der Waals surface area contributed by atoms with Gasteiger partial charge in [-0.15, -0.1) is 0 Å². The van der Waals surface area contributed by atoms with E-state index in [1.807, 2.05) is 18.2 Å². The minimum atomic E-state index is 0.395. The van der Waals surface area contributed by atoms with E-state index >= 15 is 0 Å². The van der Waals surface area contributed by atoms with Crippen molar-refractivity contribution in [2.45, 2.75) is 20.3 Å². The first-order chi connectivity index (χ1) is 8.61. The van der Waals surface area contributed by atoms with Crippen molar-refractivity contribution in [1.82, 2.24) is 0 Å². The van der Waals surface area contributed by atoms with Crippen LogP contribution in [0.25, 0.3) is 11.1 Å². The van der Waals surface area contributed by atoms with Gasteiger partial charge in [0.25, 0.3) is 0 Å². The number of anilines is 1. The molecule has 0 saturated carbocycles. The lowest BCUT2D eigenvalue weighted by Gasteiger charge is -2.08. The summed E-state index contributed by atoms with van der Waals surface area (Å²) in [5, 5.41) is 10.1. The topological polar surface area (TPSA) is 40.5 Å². The molecule has 1 amide bonds. The Morgan fingerprint density at radius 2 is 2.06 bits per heavy atom. The number of carbonyl (C=O) groups is 1. The fourth-order valence-corrected chi connectivity index (χ4v) is 2.14. The highest BCUT2D eigenvalue weighted by molar-refractivity contribution is 5.78. The van der Waals surface area contributed by atoms with Crippen LogP contribution in [0.15, 0.2) is 36.4 Å². The van der Waals surface area contributed by atoms with Gasteiger partial charge in [-0.2, -0.15) is 5.06 Å². The van der Waals surface area contributed by atoms with Crippen molar-refractivity contribution in [3.8, 4) is 11.1 Å². The molecule has 0 saturated heterocycles. The summed E-state index contributed by atoms with van der Waals surface area (Å²) in [6.07, 6.45) is 1.38. The normalized spacial score (nSPS) is 10.9. The number of carbonyl (C=O) groups excluding carboxylic acids is 1. The van der Waals surface area contributed by atoms with E-state index in [4.69, 9.17) is 0 Å².